The molecule has 0 aliphatic carbocycles. The SMILES string of the molecule is COc1cccc(F)c1-c1cn2ncsc2n1. The van der Waals surface area contributed by atoms with Crippen molar-refractivity contribution in [3.05, 3.63) is 35.7 Å². The van der Waals surface area contributed by atoms with Gasteiger partial charge in [-0.2, -0.15) is 5.10 Å². The molecule has 0 saturated heterocycles. The molecule has 3 aromatic rings. The molecule has 0 saturated carbocycles. The molecule has 0 bridgehead atoms. The van der Waals surface area contributed by atoms with Crippen LogP contribution in [0.5, 0.6) is 5.75 Å². The summed E-state index contributed by atoms with van der Waals surface area (Å²) in [6.07, 6.45) is 1.69. The largest absolute Gasteiger partial charge is 0.496 e. The molecule has 0 atom stereocenters. The van der Waals surface area contributed by atoms with Crippen molar-refractivity contribution in [2.75, 3.05) is 7.11 Å². The van der Waals surface area contributed by atoms with Gasteiger partial charge < -0.3 is 4.74 Å². The molecule has 2 aromatic heterocycles. The first-order chi connectivity index (χ1) is 8.29. The minimum absolute atomic E-state index is 0.352. The third-order valence-corrected chi connectivity index (χ3v) is 3.13. The Morgan fingerprint density at radius 3 is 3.06 bits per heavy atom. The van der Waals surface area contributed by atoms with Gasteiger partial charge in [0.15, 0.2) is 0 Å². The fourth-order valence-electron chi connectivity index (χ4n) is 1.68. The van der Waals surface area contributed by atoms with E-state index in [0.717, 1.165) is 4.96 Å². The summed E-state index contributed by atoms with van der Waals surface area (Å²) in [4.78, 5) is 5.04. The Labute approximate surface area is 100 Å². The summed E-state index contributed by atoms with van der Waals surface area (Å²) in [5.74, 6) is 0.117. The normalized spacial score (nSPS) is 10.9. The highest BCUT2D eigenvalue weighted by Crippen LogP contribution is 2.32. The lowest BCUT2D eigenvalue weighted by Crippen LogP contribution is -1.91. The molecule has 6 heteroatoms. The number of hydrogen-bond acceptors (Lipinski definition) is 4. The molecule has 0 unspecified atom stereocenters. The highest BCUT2D eigenvalue weighted by Gasteiger charge is 2.15. The van der Waals surface area contributed by atoms with Gasteiger partial charge in [0.05, 0.1) is 24.6 Å². The number of hydrogen-bond donors (Lipinski definition) is 0. The Hall–Kier alpha value is -1.95. The Bertz CT molecular complexity index is 648. The van der Waals surface area contributed by atoms with Crippen LogP contribution < -0.4 is 4.74 Å². The second-order valence-electron chi connectivity index (χ2n) is 3.41. The molecule has 0 radical (unpaired) electrons. The molecule has 0 spiro atoms. The molecule has 86 valence electrons. The van der Waals surface area contributed by atoms with E-state index in [-0.39, 0.29) is 5.82 Å². The fraction of sp³-hybridized carbons (Fsp3) is 0.0909. The Morgan fingerprint density at radius 2 is 2.29 bits per heavy atom. The van der Waals surface area contributed by atoms with E-state index in [0.29, 0.717) is 17.0 Å². The standard InChI is InChI=1S/C11H8FN3OS/c1-16-9-4-2-3-7(12)10(9)8-5-15-11(14-8)17-6-13-15/h2-6H,1H3. The zero-order chi connectivity index (χ0) is 11.8. The maximum Gasteiger partial charge on any atom is 0.212 e. The molecule has 0 amide bonds. The molecular weight excluding hydrogens is 241 g/mol. The van der Waals surface area contributed by atoms with Crippen LogP contribution in [-0.2, 0) is 0 Å². The summed E-state index contributed by atoms with van der Waals surface area (Å²) in [7, 11) is 1.51. The molecule has 17 heavy (non-hydrogen) atoms. The summed E-state index contributed by atoms with van der Waals surface area (Å²) in [6, 6.07) is 4.70. The van der Waals surface area contributed by atoms with E-state index in [4.69, 9.17) is 4.74 Å². The zero-order valence-electron chi connectivity index (χ0n) is 8.92. The highest BCUT2D eigenvalue weighted by molar-refractivity contribution is 7.14. The van der Waals surface area contributed by atoms with Gasteiger partial charge in [-0.25, -0.2) is 13.9 Å². The first kappa shape index (κ1) is 10.2. The fourth-order valence-corrected chi connectivity index (χ4v) is 2.28. The molecule has 0 fully saturated rings. The van der Waals surface area contributed by atoms with Crippen LogP contribution in [0.15, 0.2) is 29.9 Å². The maximum atomic E-state index is 13.8. The minimum atomic E-state index is -0.352. The third kappa shape index (κ3) is 1.57. The summed E-state index contributed by atoms with van der Waals surface area (Å²) in [5, 5.41) is 4.06. The van der Waals surface area contributed by atoms with Crippen LogP contribution in [0.3, 0.4) is 0 Å². The smallest absolute Gasteiger partial charge is 0.212 e. The van der Waals surface area contributed by atoms with Crippen LogP contribution in [0.2, 0.25) is 0 Å². The van der Waals surface area contributed by atoms with E-state index >= 15 is 0 Å². The van der Waals surface area contributed by atoms with Crippen LogP contribution in [-0.4, -0.2) is 21.7 Å². The third-order valence-electron chi connectivity index (χ3n) is 2.44. The van der Waals surface area contributed by atoms with E-state index in [1.54, 1.807) is 28.4 Å². The molecule has 0 aliphatic heterocycles. The van der Waals surface area contributed by atoms with Crippen molar-refractivity contribution < 1.29 is 9.13 Å². The lowest BCUT2D eigenvalue weighted by atomic mass is 10.1. The quantitative estimate of drug-likeness (QED) is 0.700. The second kappa shape index (κ2) is 3.81. The monoisotopic (exact) mass is 249 g/mol. The summed E-state index contributed by atoms with van der Waals surface area (Å²) in [6.45, 7) is 0. The minimum Gasteiger partial charge on any atom is -0.496 e. The van der Waals surface area contributed by atoms with Crippen molar-refractivity contribution >= 4 is 16.3 Å². The van der Waals surface area contributed by atoms with Gasteiger partial charge in [0.25, 0.3) is 0 Å². The first-order valence-electron chi connectivity index (χ1n) is 4.91. The molecular formula is C11H8FN3OS. The predicted octanol–water partition coefficient (Wildman–Crippen LogP) is 2.61. The highest BCUT2D eigenvalue weighted by atomic mass is 32.1. The van der Waals surface area contributed by atoms with Crippen molar-refractivity contribution in [2.45, 2.75) is 0 Å². The molecule has 2 heterocycles. The van der Waals surface area contributed by atoms with E-state index in [2.05, 4.69) is 10.1 Å². The van der Waals surface area contributed by atoms with E-state index in [1.807, 2.05) is 0 Å². The Morgan fingerprint density at radius 1 is 1.41 bits per heavy atom. The summed E-state index contributed by atoms with van der Waals surface area (Å²) in [5.41, 5.74) is 2.58. The predicted molar refractivity (Wildman–Crippen MR) is 62.8 cm³/mol. The molecule has 3 rings (SSSR count). The van der Waals surface area contributed by atoms with Gasteiger partial charge in [0.2, 0.25) is 4.96 Å². The van der Waals surface area contributed by atoms with Crippen molar-refractivity contribution in [1.29, 1.82) is 0 Å². The van der Waals surface area contributed by atoms with E-state index < -0.39 is 0 Å². The number of methoxy groups -OCH3 is 1. The summed E-state index contributed by atoms with van der Waals surface area (Å²) >= 11 is 1.40. The molecule has 4 nitrogen and oxygen atoms in total. The lowest BCUT2D eigenvalue weighted by Gasteiger charge is -2.06. The second-order valence-corrected chi connectivity index (χ2v) is 4.22. The first-order valence-corrected chi connectivity index (χ1v) is 5.79. The van der Waals surface area contributed by atoms with Crippen LogP contribution >= 0.6 is 11.3 Å². The van der Waals surface area contributed by atoms with Crippen molar-refractivity contribution in [1.82, 2.24) is 14.6 Å². The van der Waals surface area contributed by atoms with E-state index in [1.165, 1.54) is 24.5 Å². The van der Waals surface area contributed by atoms with Crippen LogP contribution in [0, 0.1) is 5.82 Å². The van der Waals surface area contributed by atoms with Gasteiger partial charge in [0, 0.05) is 0 Å². The van der Waals surface area contributed by atoms with Crippen LogP contribution in [0.1, 0.15) is 0 Å². The molecule has 1 aromatic carbocycles. The maximum absolute atomic E-state index is 13.8. The number of ether oxygens (including phenoxy) is 1. The number of rotatable bonds is 2. The Kier molecular flexibility index (Phi) is 2.29. The number of imidazole rings is 1. The number of benzene rings is 1. The van der Waals surface area contributed by atoms with Gasteiger partial charge in [-0.3, -0.25) is 0 Å². The average Bonchev–Trinajstić information content (AvgIpc) is 2.88. The zero-order valence-corrected chi connectivity index (χ0v) is 9.74. The average molecular weight is 249 g/mol. The number of fused-ring (bicyclic) bond motifs is 1. The Balaban J connectivity index is 2.24. The topological polar surface area (TPSA) is 39.4 Å². The van der Waals surface area contributed by atoms with Gasteiger partial charge in [-0.05, 0) is 12.1 Å². The van der Waals surface area contributed by atoms with Gasteiger partial charge in [-0.15, -0.1) is 0 Å². The van der Waals surface area contributed by atoms with Crippen molar-refractivity contribution in [2.24, 2.45) is 0 Å². The number of nitrogens with zero attached hydrogens (tertiary/aromatic N) is 3. The van der Waals surface area contributed by atoms with Crippen LogP contribution in [0.4, 0.5) is 4.39 Å². The van der Waals surface area contributed by atoms with Gasteiger partial charge in [0.1, 0.15) is 17.1 Å². The molecule has 0 aliphatic rings. The van der Waals surface area contributed by atoms with E-state index in [9.17, 15) is 4.39 Å². The number of halogens is 1. The molecule has 0 N–H and O–H groups in total. The van der Waals surface area contributed by atoms with Crippen LogP contribution in [0.25, 0.3) is 16.2 Å². The van der Waals surface area contributed by atoms with Gasteiger partial charge >= 0.3 is 0 Å². The summed E-state index contributed by atoms with van der Waals surface area (Å²) < 4.78 is 20.6. The van der Waals surface area contributed by atoms with Gasteiger partial charge in [-0.1, -0.05) is 17.4 Å². The lowest BCUT2D eigenvalue weighted by molar-refractivity contribution is 0.413. The van der Waals surface area contributed by atoms with Crippen molar-refractivity contribution in [3.8, 4) is 17.0 Å². The van der Waals surface area contributed by atoms with Crippen molar-refractivity contribution in [3.63, 3.8) is 0 Å². The number of aromatic nitrogens is 3.